The van der Waals surface area contributed by atoms with E-state index in [2.05, 4.69) is 10.4 Å². The molecule has 1 saturated carbocycles. The van der Waals surface area contributed by atoms with Gasteiger partial charge in [-0.05, 0) is 45.6 Å². The molecule has 10 nitrogen and oxygen atoms in total. The van der Waals surface area contributed by atoms with E-state index in [9.17, 15) is 21.6 Å². The SMILES string of the molecule is CCS(=O)(=O)N(C)CCCNC(=O)c1cc(C2CC2)nc2c1c(C)nn2[C@H]1CCS(=O)(=O)C1. The van der Waals surface area contributed by atoms with E-state index >= 15 is 0 Å². The zero-order chi connectivity index (χ0) is 24.0. The smallest absolute Gasteiger partial charge is 0.252 e. The highest BCUT2D eigenvalue weighted by molar-refractivity contribution is 7.91. The Balaban J connectivity index is 1.57. The Kier molecular flexibility index (Phi) is 6.53. The number of sulfone groups is 1. The lowest BCUT2D eigenvalue weighted by Gasteiger charge is -2.16. The Morgan fingerprint density at radius 1 is 1.30 bits per heavy atom. The number of hydrogen-bond donors (Lipinski definition) is 1. The highest BCUT2D eigenvalue weighted by Crippen LogP contribution is 2.41. The third kappa shape index (κ3) is 5.07. The summed E-state index contributed by atoms with van der Waals surface area (Å²) in [5, 5.41) is 8.14. The van der Waals surface area contributed by atoms with Gasteiger partial charge >= 0.3 is 0 Å². The van der Waals surface area contributed by atoms with Crippen LogP contribution in [0.1, 0.15) is 66.3 Å². The van der Waals surface area contributed by atoms with Crippen LogP contribution in [0.3, 0.4) is 0 Å². The molecule has 3 heterocycles. The quantitative estimate of drug-likeness (QED) is 0.518. The van der Waals surface area contributed by atoms with Gasteiger partial charge in [-0.1, -0.05) is 0 Å². The van der Waals surface area contributed by atoms with E-state index < -0.39 is 19.9 Å². The van der Waals surface area contributed by atoms with Crippen molar-refractivity contribution in [1.29, 1.82) is 0 Å². The van der Waals surface area contributed by atoms with Crippen LogP contribution in [0.2, 0.25) is 0 Å². The fourth-order valence-electron chi connectivity index (χ4n) is 4.28. The fourth-order valence-corrected chi connectivity index (χ4v) is 6.82. The highest BCUT2D eigenvalue weighted by atomic mass is 32.2. The monoisotopic (exact) mass is 497 g/mol. The maximum Gasteiger partial charge on any atom is 0.252 e. The molecule has 1 aliphatic heterocycles. The number of nitrogens with zero attached hydrogens (tertiary/aromatic N) is 4. The van der Waals surface area contributed by atoms with Gasteiger partial charge in [-0.3, -0.25) is 4.79 Å². The summed E-state index contributed by atoms with van der Waals surface area (Å²) < 4.78 is 50.8. The largest absolute Gasteiger partial charge is 0.352 e. The van der Waals surface area contributed by atoms with Crippen LogP contribution in [-0.4, -0.2) is 79.2 Å². The molecule has 182 valence electrons. The van der Waals surface area contributed by atoms with Crippen LogP contribution in [0, 0.1) is 6.92 Å². The molecule has 0 bridgehead atoms. The Morgan fingerprint density at radius 2 is 2.03 bits per heavy atom. The van der Waals surface area contributed by atoms with Crippen molar-refractivity contribution in [2.75, 3.05) is 37.4 Å². The Morgan fingerprint density at radius 3 is 2.64 bits per heavy atom. The summed E-state index contributed by atoms with van der Waals surface area (Å²) in [4.78, 5) is 17.9. The maximum atomic E-state index is 13.1. The first-order valence-electron chi connectivity index (χ1n) is 11.3. The zero-order valence-corrected chi connectivity index (χ0v) is 20.9. The molecule has 2 aromatic rings. The van der Waals surface area contributed by atoms with Crippen molar-refractivity contribution < 1.29 is 21.6 Å². The molecule has 1 N–H and O–H groups in total. The first-order chi connectivity index (χ1) is 15.5. The van der Waals surface area contributed by atoms with Gasteiger partial charge in [-0.15, -0.1) is 0 Å². The lowest BCUT2D eigenvalue weighted by molar-refractivity contribution is 0.0954. The van der Waals surface area contributed by atoms with E-state index in [0.29, 0.717) is 54.1 Å². The van der Waals surface area contributed by atoms with Gasteiger partial charge in [0.25, 0.3) is 5.91 Å². The number of fused-ring (bicyclic) bond motifs is 1. The van der Waals surface area contributed by atoms with Crippen molar-refractivity contribution in [3.63, 3.8) is 0 Å². The first kappa shape index (κ1) is 24.1. The minimum Gasteiger partial charge on any atom is -0.352 e. The summed E-state index contributed by atoms with van der Waals surface area (Å²) in [7, 11) is -4.80. The molecule has 1 amide bonds. The van der Waals surface area contributed by atoms with E-state index in [1.54, 1.807) is 11.6 Å². The second-order valence-electron chi connectivity index (χ2n) is 8.99. The number of pyridine rings is 1. The Hall–Kier alpha value is -2.05. The van der Waals surface area contributed by atoms with Crippen LogP contribution < -0.4 is 5.32 Å². The molecule has 2 aliphatic rings. The van der Waals surface area contributed by atoms with E-state index in [-0.39, 0.29) is 29.2 Å². The van der Waals surface area contributed by atoms with Gasteiger partial charge in [-0.25, -0.2) is 30.8 Å². The summed E-state index contributed by atoms with van der Waals surface area (Å²) in [6, 6.07) is 1.55. The number of carbonyl (C=O) groups excluding carboxylic acids is 1. The van der Waals surface area contributed by atoms with Crippen molar-refractivity contribution >= 4 is 36.8 Å². The van der Waals surface area contributed by atoms with Crippen molar-refractivity contribution in [3.8, 4) is 0 Å². The van der Waals surface area contributed by atoms with Crippen molar-refractivity contribution in [3.05, 3.63) is 23.0 Å². The number of nitrogens with one attached hydrogen (secondary N) is 1. The second kappa shape index (κ2) is 8.95. The fraction of sp³-hybridized carbons (Fsp3) is 0.667. The van der Waals surface area contributed by atoms with Crippen LogP contribution in [-0.2, 0) is 19.9 Å². The molecule has 0 aromatic carbocycles. The number of hydrogen-bond acceptors (Lipinski definition) is 7. The lowest BCUT2D eigenvalue weighted by atomic mass is 10.1. The molecular weight excluding hydrogens is 466 g/mol. The molecule has 12 heteroatoms. The van der Waals surface area contributed by atoms with Gasteiger partial charge in [0, 0.05) is 31.7 Å². The van der Waals surface area contributed by atoms with E-state index in [0.717, 1.165) is 18.5 Å². The van der Waals surface area contributed by atoms with Gasteiger partial charge in [0.05, 0.1) is 39.9 Å². The molecule has 0 spiro atoms. The minimum absolute atomic E-state index is 0.0360. The third-order valence-electron chi connectivity index (χ3n) is 6.43. The zero-order valence-electron chi connectivity index (χ0n) is 19.2. The highest BCUT2D eigenvalue weighted by Gasteiger charge is 2.34. The Labute approximate surface area is 194 Å². The summed E-state index contributed by atoms with van der Waals surface area (Å²) >= 11 is 0. The number of aryl methyl sites for hydroxylation is 1. The summed E-state index contributed by atoms with van der Waals surface area (Å²) in [5.41, 5.74) is 2.53. The standard InChI is InChI=1S/C21H31N5O5S2/c1-4-33(30,31)25(3)10-5-9-22-21(27)17-12-18(15-6-7-15)23-20-19(17)14(2)24-26(20)16-8-11-32(28,29)13-16/h12,15-16H,4-11,13H2,1-3H3,(H,22,27)/t16-/m0/s1. The van der Waals surface area contributed by atoms with Crippen LogP contribution in [0.15, 0.2) is 6.07 Å². The normalized spacial score (nSPS) is 20.5. The maximum absolute atomic E-state index is 13.1. The van der Waals surface area contributed by atoms with Gasteiger partial charge in [0.1, 0.15) is 0 Å². The minimum atomic E-state index is -3.25. The van der Waals surface area contributed by atoms with Crippen molar-refractivity contribution in [2.24, 2.45) is 0 Å². The lowest BCUT2D eigenvalue weighted by Crippen LogP contribution is -2.32. The number of amides is 1. The number of sulfonamides is 1. The van der Waals surface area contributed by atoms with Crippen LogP contribution in [0.25, 0.3) is 11.0 Å². The summed E-state index contributed by atoms with van der Waals surface area (Å²) in [6.45, 7) is 4.06. The van der Waals surface area contributed by atoms with Crippen LogP contribution >= 0.6 is 0 Å². The van der Waals surface area contributed by atoms with Crippen LogP contribution in [0.5, 0.6) is 0 Å². The second-order valence-corrected chi connectivity index (χ2v) is 13.6. The van der Waals surface area contributed by atoms with Crippen LogP contribution in [0.4, 0.5) is 0 Å². The van der Waals surface area contributed by atoms with E-state index in [4.69, 9.17) is 4.98 Å². The molecule has 1 atom stereocenters. The summed E-state index contributed by atoms with van der Waals surface area (Å²) in [6.07, 6.45) is 3.01. The Bertz CT molecular complexity index is 1280. The molecule has 1 saturated heterocycles. The van der Waals surface area contributed by atoms with E-state index in [1.165, 1.54) is 11.4 Å². The molecular formula is C21H31N5O5S2. The predicted octanol–water partition coefficient (Wildman–Crippen LogP) is 1.38. The molecule has 0 unspecified atom stereocenters. The number of carbonyl (C=O) groups is 1. The molecule has 4 rings (SSSR count). The van der Waals surface area contributed by atoms with Crippen molar-refractivity contribution in [1.82, 2.24) is 24.4 Å². The number of aromatic nitrogens is 3. The molecule has 2 fully saturated rings. The average molecular weight is 498 g/mol. The van der Waals surface area contributed by atoms with Gasteiger partial charge < -0.3 is 5.32 Å². The molecule has 33 heavy (non-hydrogen) atoms. The third-order valence-corrected chi connectivity index (χ3v) is 10.0. The van der Waals surface area contributed by atoms with Gasteiger partial charge in [-0.2, -0.15) is 5.10 Å². The van der Waals surface area contributed by atoms with Gasteiger partial charge in [0.2, 0.25) is 10.0 Å². The first-order valence-corrected chi connectivity index (χ1v) is 14.8. The van der Waals surface area contributed by atoms with Crippen molar-refractivity contribution in [2.45, 2.75) is 51.5 Å². The van der Waals surface area contributed by atoms with Gasteiger partial charge in [0.15, 0.2) is 15.5 Å². The molecule has 0 radical (unpaired) electrons. The number of rotatable bonds is 9. The molecule has 1 aliphatic carbocycles. The average Bonchev–Trinajstić information content (AvgIpc) is 3.49. The topological polar surface area (TPSA) is 131 Å². The van der Waals surface area contributed by atoms with E-state index in [1.807, 2.05) is 13.0 Å². The summed E-state index contributed by atoms with van der Waals surface area (Å²) in [5.74, 6) is 0.265. The molecule has 2 aromatic heterocycles. The predicted molar refractivity (Wildman–Crippen MR) is 126 cm³/mol.